The van der Waals surface area contributed by atoms with Gasteiger partial charge in [-0.1, -0.05) is 23.8 Å². The third-order valence-corrected chi connectivity index (χ3v) is 4.69. The molecule has 0 aromatic heterocycles. The lowest BCUT2D eigenvalue weighted by atomic mass is 9.85. The molecule has 0 radical (unpaired) electrons. The van der Waals surface area contributed by atoms with Crippen LogP contribution < -0.4 is 0 Å². The van der Waals surface area contributed by atoms with Gasteiger partial charge in [0.25, 0.3) is 0 Å². The third kappa shape index (κ3) is 4.71. The summed E-state index contributed by atoms with van der Waals surface area (Å²) >= 11 is 0. The minimum Gasteiger partial charge on any atom is -0.458 e. The molecule has 1 saturated heterocycles. The summed E-state index contributed by atoms with van der Waals surface area (Å²) in [6.07, 6.45) is 6.17. The van der Waals surface area contributed by atoms with Crippen LogP contribution in [0.2, 0.25) is 0 Å². The molecule has 0 amide bonds. The molecule has 0 aromatic carbocycles. The number of aliphatic hydroxyl groups is 2. The van der Waals surface area contributed by atoms with E-state index in [2.05, 4.69) is 12.7 Å². The van der Waals surface area contributed by atoms with E-state index >= 15 is 0 Å². The highest BCUT2D eigenvalue weighted by atomic mass is 16.6. The molecule has 6 heteroatoms. The zero-order valence-electron chi connectivity index (χ0n) is 15.2. The second-order valence-corrected chi connectivity index (χ2v) is 6.74. The van der Waals surface area contributed by atoms with Crippen LogP contribution in [0.15, 0.2) is 47.1 Å². The van der Waals surface area contributed by atoms with Gasteiger partial charge < -0.3 is 19.7 Å². The van der Waals surface area contributed by atoms with Gasteiger partial charge in [0, 0.05) is 12.0 Å². The highest BCUT2D eigenvalue weighted by Gasteiger charge is 2.44. The van der Waals surface area contributed by atoms with Crippen molar-refractivity contribution in [3.05, 3.63) is 47.1 Å². The van der Waals surface area contributed by atoms with Crippen molar-refractivity contribution in [2.24, 2.45) is 5.92 Å². The molecular formula is C20H26O6. The Morgan fingerprint density at radius 3 is 2.77 bits per heavy atom. The Kier molecular flexibility index (Phi) is 6.94. The van der Waals surface area contributed by atoms with Gasteiger partial charge in [0.05, 0.1) is 24.7 Å². The number of fused-ring (bicyclic) bond motifs is 1. The van der Waals surface area contributed by atoms with Gasteiger partial charge in [0.1, 0.15) is 12.2 Å². The Morgan fingerprint density at radius 2 is 2.12 bits per heavy atom. The van der Waals surface area contributed by atoms with Gasteiger partial charge in [-0.25, -0.2) is 9.59 Å². The van der Waals surface area contributed by atoms with E-state index in [1.165, 1.54) is 6.08 Å². The predicted molar refractivity (Wildman–Crippen MR) is 96.0 cm³/mol. The van der Waals surface area contributed by atoms with E-state index in [4.69, 9.17) is 14.6 Å². The number of carbonyl (C=O) groups is 2. The number of rotatable bonds is 4. The van der Waals surface area contributed by atoms with Crippen LogP contribution >= 0.6 is 0 Å². The molecule has 2 aliphatic rings. The molecular weight excluding hydrogens is 336 g/mol. The second-order valence-electron chi connectivity index (χ2n) is 6.74. The van der Waals surface area contributed by atoms with Crippen LogP contribution in [-0.4, -0.2) is 47.6 Å². The molecule has 0 saturated carbocycles. The van der Waals surface area contributed by atoms with Crippen LogP contribution in [0.3, 0.4) is 0 Å². The van der Waals surface area contributed by atoms with Crippen LogP contribution in [0.4, 0.5) is 0 Å². The Morgan fingerprint density at radius 1 is 1.38 bits per heavy atom. The molecule has 2 N–H and O–H groups in total. The molecule has 0 spiro atoms. The quantitative estimate of drug-likeness (QED) is 0.451. The summed E-state index contributed by atoms with van der Waals surface area (Å²) in [5.74, 6) is -1.70. The molecule has 0 aromatic rings. The number of hydrogen-bond donors (Lipinski definition) is 2. The molecule has 6 nitrogen and oxygen atoms in total. The summed E-state index contributed by atoms with van der Waals surface area (Å²) < 4.78 is 11.1. The number of allylic oxidation sites excluding steroid dienone is 2. The largest absolute Gasteiger partial charge is 0.458 e. The van der Waals surface area contributed by atoms with Crippen molar-refractivity contribution >= 4 is 11.9 Å². The van der Waals surface area contributed by atoms with Gasteiger partial charge in [-0.2, -0.15) is 0 Å². The van der Waals surface area contributed by atoms with Gasteiger partial charge in [0.2, 0.25) is 0 Å². The summed E-state index contributed by atoms with van der Waals surface area (Å²) in [5.41, 5.74) is 2.39. The Bertz CT molecular complexity index is 670. The van der Waals surface area contributed by atoms with E-state index in [0.29, 0.717) is 6.42 Å². The van der Waals surface area contributed by atoms with Crippen LogP contribution in [-0.2, 0) is 19.1 Å². The fraction of sp³-hybridized carbons (Fsp3) is 0.500. The average molecular weight is 362 g/mol. The minimum atomic E-state index is -0.719. The predicted octanol–water partition coefficient (Wildman–Crippen LogP) is 1.98. The van der Waals surface area contributed by atoms with Crippen molar-refractivity contribution in [2.75, 3.05) is 13.2 Å². The first kappa shape index (κ1) is 20.1. The molecule has 142 valence electrons. The normalized spacial score (nSPS) is 29.2. The third-order valence-electron chi connectivity index (χ3n) is 4.69. The smallest absolute Gasteiger partial charge is 0.336 e. The van der Waals surface area contributed by atoms with Gasteiger partial charge >= 0.3 is 11.9 Å². The van der Waals surface area contributed by atoms with Crippen LogP contribution in [0.5, 0.6) is 0 Å². The number of ether oxygens (including phenoxy) is 2. The lowest BCUT2D eigenvalue weighted by molar-refractivity contribution is -0.147. The van der Waals surface area contributed by atoms with Crippen molar-refractivity contribution in [3.8, 4) is 0 Å². The van der Waals surface area contributed by atoms with E-state index in [0.717, 1.165) is 24.0 Å². The van der Waals surface area contributed by atoms with Crippen LogP contribution in [0.1, 0.15) is 33.1 Å². The SMILES string of the molecule is C=C1C(=O)OC2C=C(C)CC/C=C(/C)CC(OC(=O)/C(=C/CO)CO)C12. The highest BCUT2D eigenvalue weighted by Crippen LogP contribution is 2.36. The van der Waals surface area contributed by atoms with E-state index < -0.39 is 36.7 Å². The van der Waals surface area contributed by atoms with E-state index in [-0.39, 0.29) is 17.8 Å². The topological polar surface area (TPSA) is 93.1 Å². The maximum atomic E-state index is 12.4. The van der Waals surface area contributed by atoms with Gasteiger partial charge in [0.15, 0.2) is 0 Å². The van der Waals surface area contributed by atoms with E-state index in [1.54, 1.807) is 0 Å². The minimum absolute atomic E-state index is 0.0228. The van der Waals surface area contributed by atoms with Crippen molar-refractivity contribution in [2.45, 2.75) is 45.3 Å². The van der Waals surface area contributed by atoms with Crippen molar-refractivity contribution < 1.29 is 29.3 Å². The number of aliphatic hydroxyl groups excluding tert-OH is 2. The molecule has 1 aliphatic carbocycles. The van der Waals surface area contributed by atoms with Crippen molar-refractivity contribution in [1.82, 2.24) is 0 Å². The summed E-state index contributed by atoms with van der Waals surface area (Å²) in [7, 11) is 0. The molecule has 1 fully saturated rings. The Labute approximate surface area is 153 Å². The first-order chi connectivity index (χ1) is 12.4. The second kappa shape index (κ2) is 8.96. The average Bonchev–Trinajstić information content (AvgIpc) is 2.85. The lowest BCUT2D eigenvalue weighted by Gasteiger charge is -2.27. The summed E-state index contributed by atoms with van der Waals surface area (Å²) in [4.78, 5) is 24.4. The van der Waals surface area contributed by atoms with E-state index in [9.17, 15) is 14.7 Å². The van der Waals surface area contributed by atoms with Gasteiger partial charge in [-0.05, 0) is 38.8 Å². The molecule has 26 heavy (non-hydrogen) atoms. The fourth-order valence-corrected chi connectivity index (χ4v) is 3.27. The maximum absolute atomic E-state index is 12.4. The first-order valence-corrected chi connectivity index (χ1v) is 8.71. The zero-order valence-corrected chi connectivity index (χ0v) is 15.2. The van der Waals surface area contributed by atoms with Gasteiger partial charge in [-0.15, -0.1) is 0 Å². The van der Waals surface area contributed by atoms with Crippen LogP contribution in [0.25, 0.3) is 0 Å². The monoisotopic (exact) mass is 362 g/mol. The van der Waals surface area contributed by atoms with Crippen LogP contribution in [0, 0.1) is 5.92 Å². The number of carbonyl (C=O) groups excluding carboxylic acids is 2. The highest BCUT2D eigenvalue weighted by molar-refractivity contribution is 5.92. The molecule has 1 heterocycles. The molecule has 2 rings (SSSR count). The first-order valence-electron chi connectivity index (χ1n) is 8.71. The molecule has 0 bridgehead atoms. The van der Waals surface area contributed by atoms with Crippen molar-refractivity contribution in [3.63, 3.8) is 0 Å². The Balaban J connectivity index is 2.36. The van der Waals surface area contributed by atoms with Gasteiger partial charge in [-0.3, -0.25) is 0 Å². The maximum Gasteiger partial charge on any atom is 0.336 e. The summed E-state index contributed by atoms with van der Waals surface area (Å²) in [6, 6.07) is 0. The zero-order chi connectivity index (χ0) is 19.3. The van der Waals surface area contributed by atoms with Crippen molar-refractivity contribution in [1.29, 1.82) is 0 Å². The number of esters is 2. The molecule has 3 atom stereocenters. The molecule has 1 aliphatic heterocycles. The summed E-state index contributed by atoms with van der Waals surface area (Å²) in [5, 5.41) is 18.3. The lowest BCUT2D eigenvalue weighted by Crippen LogP contribution is -2.34. The summed E-state index contributed by atoms with van der Waals surface area (Å²) in [6.45, 7) is 6.85. The standard InChI is InChI=1S/C20H26O6/c1-12-5-4-6-13(2)10-17(26-20(24)15(11-22)7-8-21)18-14(3)19(23)25-16(18)9-12/h6-7,9,16-18,21-22H,3-5,8,10-11H2,1-2H3/b12-9?,13-6-,15-7+. The molecule has 3 unspecified atom stereocenters. The Hall–Kier alpha value is -2.18. The number of hydrogen-bond acceptors (Lipinski definition) is 6. The fourth-order valence-electron chi connectivity index (χ4n) is 3.27. The van der Waals surface area contributed by atoms with E-state index in [1.807, 2.05) is 19.9 Å².